The van der Waals surface area contributed by atoms with Crippen LogP contribution < -0.4 is 5.43 Å². The number of nitrogens with one attached hydrogen (secondary N) is 1. The normalized spacial score (nSPS) is 11.1. The van der Waals surface area contributed by atoms with Crippen molar-refractivity contribution in [1.82, 2.24) is 9.99 Å². The van der Waals surface area contributed by atoms with E-state index in [2.05, 4.69) is 85.1 Å². The van der Waals surface area contributed by atoms with E-state index in [4.69, 9.17) is 0 Å². The van der Waals surface area contributed by atoms with Crippen LogP contribution >= 0.6 is 31.9 Å². The van der Waals surface area contributed by atoms with Crippen molar-refractivity contribution in [3.8, 4) is 5.69 Å². The lowest BCUT2D eigenvalue weighted by molar-refractivity contribution is 0.0954. The number of carbonyl (C=O) groups excluding carboxylic acids is 1. The molecule has 0 aliphatic heterocycles. The third-order valence-electron chi connectivity index (χ3n) is 4.37. The Kier molecular flexibility index (Phi) is 5.97. The largest absolute Gasteiger partial charge is 0.318 e. The Morgan fingerprint density at radius 3 is 2.48 bits per heavy atom. The van der Waals surface area contributed by atoms with Crippen molar-refractivity contribution in [3.63, 3.8) is 0 Å². The van der Waals surface area contributed by atoms with E-state index < -0.39 is 0 Å². The van der Waals surface area contributed by atoms with Crippen LogP contribution in [0.4, 0.5) is 0 Å². The van der Waals surface area contributed by atoms with Crippen molar-refractivity contribution < 1.29 is 4.79 Å². The maximum atomic E-state index is 12.2. The summed E-state index contributed by atoms with van der Waals surface area (Å²) in [7, 11) is 0. The van der Waals surface area contributed by atoms with Gasteiger partial charge in [0, 0.05) is 31.6 Å². The molecule has 1 N–H and O–H groups in total. The summed E-state index contributed by atoms with van der Waals surface area (Å²) in [5, 5.41) is 4.13. The van der Waals surface area contributed by atoms with E-state index in [1.807, 2.05) is 25.1 Å². The van der Waals surface area contributed by atoms with Gasteiger partial charge in [-0.3, -0.25) is 4.79 Å². The van der Waals surface area contributed by atoms with Gasteiger partial charge in [0.25, 0.3) is 5.91 Å². The molecule has 6 heteroatoms. The second-order valence-corrected chi connectivity index (χ2v) is 7.98. The van der Waals surface area contributed by atoms with Crippen molar-refractivity contribution in [3.05, 3.63) is 85.6 Å². The second kappa shape index (κ2) is 8.23. The number of benzene rings is 2. The van der Waals surface area contributed by atoms with Crippen molar-refractivity contribution in [1.29, 1.82) is 0 Å². The molecule has 4 nitrogen and oxygen atoms in total. The molecule has 3 aromatic rings. The standard InChI is InChI=1S/C21H19Br2N3O/c1-13-8-9-17(11-20(13)23)26-14(2)10-16(15(26)3)12-24-25-21(27)18-6-4-5-7-19(18)22/h4-12H,1-3H3,(H,25,27)/b24-12+. The third-order valence-corrected chi connectivity index (χ3v) is 5.92. The molecule has 1 heterocycles. The Labute approximate surface area is 175 Å². The fourth-order valence-electron chi connectivity index (χ4n) is 2.90. The number of hydrazone groups is 1. The van der Waals surface area contributed by atoms with E-state index in [1.54, 1.807) is 12.3 Å². The molecule has 0 unspecified atom stereocenters. The zero-order valence-corrected chi connectivity index (χ0v) is 18.4. The summed E-state index contributed by atoms with van der Waals surface area (Å²) in [6, 6.07) is 15.6. The molecule has 0 atom stereocenters. The molecule has 0 aliphatic carbocycles. The van der Waals surface area contributed by atoms with E-state index in [-0.39, 0.29) is 5.91 Å². The Balaban J connectivity index is 1.82. The van der Waals surface area contributed by atoms with Crippen molar-refractivity contribution in [2.24, 2.45) is 5.10 Å². The van der Waals surface area contributed by atoms with E-state index in [1.165, 1.54) is 5.56 Å². The zero-order chi connectivity index (χ0) is 19.6. The van der Waals surface area contributed by atoms with Gasteiger partial charge in [0.15, 0.2) is 0 Å². The van der Waals surface area contributed by atoms with Gasteiger partial charge in [-0.2, -0.15) is 5.10 Å². The average molecular weight is 489 g/mol. The predicted octanol–water partition coefficient (Wildman–Crippen LogP) is 5.69. The molecule has 0 aliphatic rings. The van der Waals surface area contributed by atoms with Crippen LogP contribution in [0.25, 0.3) is 5.69 Å². The highest BCUT2D eigenvalue weighted by molar-refractivity contribution is 9.10. The Morgan fingerprint density at radius 1 is 1.04 bits per heavy atom. The summed E-state index contributed by atoms with van der Waals surface area (Å²) in [6.45, 7) is 6.16. The minimum absolute atomic E-state index is 0.255. The lowest BCUT2D eigenvalue weighted by Crippen LogP contribution is -2.18. The van der Waals surface area contributed by atoms with Gasteiger partial charge >= 0.3 is 0 Å². The molecule has 27 heavy (non-hydrogen) atoms. The molecule has 0 fully saturated rings. The van der Waals surface area contributed by atoms with Crippen LogP contribution in [0, 0.1) is 20.8 Å². The Morgan fingerprint density at radius 2 is 1.78 bits per heavy atom. The van der Waals surface area contributed by atoms with Gasteiger partial charge in [-0.05, 0) is 72.6 Å². The monoisotopic (exact) mass is 487 g/mol. The SMILES string of the molecule is Cc1ccc(-n2c(C)cc(/C=N/NC(=O)c3ccccc3Br)c2C)cc1Br. The van der Waals surface area contributed by atoms with Crippen LogP contribution in [0.5, 0.6) is 0 Å². The molecule has 1 aromatic heterocycles. The second-order valence-electron chi connectivity index (χ2n) is 6.27. The van der Waals surface area contributed by atoms with Gasteiger partial charge in [-0.1, -0.05) is 34.1 Å². The molecular weight excluding hydrogens is 470 g/mol. The van der Waals surface area contributed by atoms with Gasteiger partial charge in [-0.15, -0.1) is 0 Å². The highest BCUT2D eigenvalue weighted by atomic mass is 79.9. The third kappa shape index (κ3) is 4.22. The van der Waals surface area contributed by atoms with Crippen molar-refractivity contribution >= 4 is 44.0 Å². The van der Waals surface area contributed by atoms with Gasteiger partial charge in [0.05, 0.1) is 11.8 Å². The van der Waals surface area contributed by atoms with Gasteiger partial charge in [0.1, 0.15) is 0 Å². The molecule has 0 bridgehead atoms. The van der Waals surface area contributed by atoms with Crippen LogP contribution in [0.2, 0.25) is 0 Å². The zero-order valence-electron chi connectivity index (χ0n) is 15.3. The molecule has 1 amide bonds. The number of rotatable bonds is 4. The molecule has 2 aromatic carbocycles. The van der Waals surface area contributed by atoms with Gasteiger partial charge in [0.2, 0.25) is 0 Å². The first kappa shape index (κ1) is 19.6. The maximum absolute atomic E-state index is 12.2. The van der Waals surface area contributed by atoms with Gasteiger partial charge in [-0.25, -0.2) is 5.43 Å². The number of nitrogens with zero attached hydrogens (tertiary/aromatic N) is 2. The first-order chi connectivity index (χ1) is 12.9. The lowest BCUT2D eigenvalue weighted by atomic mass is 10.2. The fourth-order valence-corrected chi connectivity index (χ4v) is 3.73. The fraction of sp³-hybridized carbons (Fsp3) is 0.143. The smallest absolute Gasteiger partial charge is 0.272 e. The molecular formula is C21H19Br2N3O. The number of aryl methyl sites for hydroxylation is 2. The first-order valence-electron chi connectivity index (χ1n) is 8.42. The van der Waals surface area contributed by atoms with E-state index in [9.17, 15) is 4.79 Å². The van der Waals surface area contributed by atoms with Crippen molar-refractivity contribution in [2.75, 3.05) is 0 Å². The van der Waals surface area contributed by atoms with Crippen LogP contribution in [-0.2, 0) is 0 Å². The van der Waals surface area contributed by atoms with Crippen LogP contribution in [0.1, 0.15) is 32.9 Å². The number of aromatic nitrogens is 1. The number of hydrogen-bond donors (Lipinski definition) is 1. The number of hydrogen-bond acceptors (Lipinski definition) is 2. The van der Waals surface area contributed by atoms with Crippen LogP contribution in [0.15, 0.2) is 62.6 Å². The Hall–Kier alpha value is -2.18. The Bertz CT molecular complexity index is 1040. The van der Waals surface area contributed by atoms with Crippen LogP contribution in [-0.4, -0.2) is 16.7 Å². The topological polar surface area (TPSA) is 46.4 Å². The lowest BCUT2D eigenvalue weighted by Gasteiger charge is -2.11. The number of amides is 1. The van der Waals surface area contributed by atoms with Crippen molar-refractivity contribution in [2.45, 2.75) is 20.8 Å². The molecule has 0 saturated heterocycles. The van der Waals surface area contributed by atoms with E-state index in [0.29, 0.717) is 5.56 Å². The van der Waals surface area contributed by atoms with Gasteiger partial charge < -0.3 is 4.57 Å². The quantitative estimate of drug-likeness (QED) is 0.372. The minimum Gasteiger partial charge on any atom is -0.318 e. The highest BCUT2D eigenvalue weighted by Crippen LogP contribution is 2.24. The summed E-state index contributed by atoms with van der Waals surface area (Å²) in [4.78, 5) is 12.2. The molecule has 0 spiro atoms. The first-order valence-corrected chi connectivity index (χ1v) is 10.0. The maximum Gasteiger partial charge on any atom is 0.272 e. The van der Waals surface area contributed by atoms with Crippen LogP contribution in [0.3, 0.4) is 0 Å². The average Bonchev–Trinajstić information content (AvgIpc) is 2.91. The predicted molar refractivity (Wildman–Crippen MR) is 117 cm³/mol. The summed E-state index contributed by atoms with van der Waals surface area (Å²) in [5.74, 6) is -0.255. The highest BCUT2D eigenvalue weighted by Gasteiger charge is 2.11. The van der Waals surface area contributed by atoms with E-state index in [0.717, 1.165) is 31.6 Å². The number of halogens is 2. The minimum atomic E-state index is -0.255. The summed E-state index contributed by atoms with van der Waals surface area (Å²) >= 11 is 6.97. The summed E-state index contributed by atoms with van der Waals surface area (Å²) in [6.07, 6.45) is 1.68. The molecule has 0 radical (unpaired) electrons. The molecule has 3 rings (SSSR count). The molecule has 0 saturated carbocycles. The summed E-state index contributed by atoms with van der Waals surface area (Å²) < 4.78 is 3.98. The van der Waals surface area contributed by atoms with E-state index >= 15 is 0 Å². The summed E-state index contributed by atoms with van der Waals surface area (Å²) in [5.41, 5.74) is 8.52. The molecule has 138 valence electrons. The number of carbonyl (C=O) groups is 1.